The Kier molecular flexibility index (Phi) is 3.19. The molecule has 0 saturated carbocycles. The number of hydrogen-bond donors (Lipinski definition) is 1. The number of nitrogens with one attached hydrogen (secondary N) is 1. The summed E-state index contributed by atoms with van der Waals surface area (Å²) in [5.41, 5.74) is 1.79. The van der Waals surface area contributed by atoms with Gasteiger partial charge in [0.25, 0.3) is 0 Å². The van der Waals surface area contributed by atoms with Crippen molar-refractivity contribution in [3.05, 3.63) is 53.0 Å². The van der Waals surface area contributed by atoms with Gasteiger partial charge in [0.1, 0.15) is 5.02 Å². The lowest BCUT2D eigenvalue weighted by Crippen LogP contribution is -1.96. The van der Waals surface area contributed by atoms with E-state index in [4.69, 9.17) is 23.2 Å². The van der Waals surface area contributed by atoms with Gasteiger partial charge in [0, 0.05) is 17.3 Å². The van der Waals surface area contributed by atoms with Gasteiger partial charge in [-0.3, -0.25) is 4.98 Å². The van der Waals surface area contributed by atoms with Crippen molar-refractivity contribution in [1.82, 2.24) is 15.0 Å². The Morgan fingerprint density at radius 1 is 1.05 bits per heavy atom. The van der Waals surface area contributed by atoms with E-state index in [2.05, 4.69) is 20.3 Å². The summed E-state index contributed by atoms with van der Waals surface area (Å²) >= 11 is 11.8. The maximum atomic E-state index is 6.01. The predicted molar refractivity (Wildman–Crippen MR) is 77.1 cm³/mol. The molecule has 0 aliphatic heterocycles. The summed E-state index contributed by atoms with van der Waals surface area (Å²) < 4.78 is 0. The number of rotatable bonds is 2. The van der Waals surface area contributed by atoms with E-state index in [1.165, 1.54) is 6.20 Å². The summed E-state index contributed by atoms with van der Waals surface area (Å²) in [6.45, 7) is 0. The molecular formula is C13H8Cl2N4. The zero-order chi connectivity index (χ0) is 13.2. The summed E-state index contributed by atoms with van der Waals surface area (Å²) in [6.07, 6.45) is 3.22. The first-order valence-electron chi connectivity index (χ1n) is 5.52. The first-order valence-corrected chi connectivity index (χ1v) is 6.28. The second-order valence-corrected chi connectivity index (χ2v) is 4.62. The van der Waals surface area contributed by atoms with Crippen molar-refractivity contribution in [2.75, 3.05) is 5.32 Å². The highest BCUT2D eigenvalue weighted by Crippen LogP contribution is 2.25. The van der Waals surface area contributed by atoms with Crippen molar-refractivity contribution in [2.24, 2.45) is 0 Å². The van der Waals surface area contributed by atoms with Gasteiger partial charge < -0.3 is 5.32 Å². The van der Waals surface area contributed by atoms with Crippen LogP contribution in [0.2, 0.25) is 10.3 Å². The van der Waals surface area contributed by atoms with Crippen molar-refractivity contribution < 1.29 is 0 Å². The van der Waals surface area contributed by atoms with Crippen LogP contribution in [0.25, 0.3) is 10.9 Å². The number of aromatic nitrogens is 3. The molecule has 0 saturated heterocycles. The highest BCUT2D eigenvalue weighted by atomic mass is 35.5. The third kappa shape index (κ3) is 2.59. The Morgan fingerprint density at radius 3 is 2.84 bits per heavy atom. The van der Waals surface area contributed by atoms with Gasteiger partial charge in [-0.05, 0) is 35.9 Å². The number of hydrogen-bond acceptors (Lipinski definition) is 4. The molecule has 0 bridgehead atoms. The molecule has 0 atom stereocenters. The lowest BCUT2D eigenvalue weighted by molar-refractivity contribution is 1.17. The van der Waals surface area contributed by atoms with Crippen molar-refractivity contribution in [3.63, 3.8) is 0 Å². The normalized spacial score (nSPS) is 10.6. The van der Waals surface area contributed by atoms with Crippen LogP contribution in [-0.2, 0) is 0 Å². The Bertz CT molecular complexity index is 746. The van der Waals surface area contributed by atoms with Crippen LogP contribution in [0.3, 0.4) is 0 Å². The van der Waals surface area contributed by atoms with Crippen LogP contribution in [0.15, 0.2) is 42.7 Å². The Labute approximate surface area is 119 Å². The average Bonchev–Trinajstić information content (AvgIpc) is 2.43. The highest BCUT2D eigenvalue weighted by Gasteiger charge is 2.05. The van der Waals surface area contributed by atoms with Crippen LogP contribution in [0.5, 0.6) is 0 Å². The van der Waals surface area contributed by atoms with E-state index in [0.29, 0.717) is 10.8 Å². The van der Waals surface area contributed by atoms with Crippen LogP contribution < -0.4 is 5.32 Å². The van der Waals surface area contributed by atoms with E-state index < -0.39 is 0 Å². The summed E-state index contributed by atoms with van der Waals surface area (Å²) in [6, 6.07) is 9.67. The third-order valence-corrected chi connectivity index (χ3v) is 3.04. The number of anilines is 2. The van der Waals surface area contributed by atoms with Crippen molar-refractivity contribution in [2.45, 2.75) is 0 Å². The minimum Gasteiger partial charge on any atom is -0.339 e. The largest absolute Gasteiger partial charge is 0.339 e. The molecule has 1 aromatic carbocycles. The molecule has 4 nitrogen and oxygen atoms in total. The number of pyridine rings is 1. The second kappa shape index (κ2) is 4.99. The maximum Gasteiger partial charge on any atom is 0.224 e. The SMILES string of the molecule is Clc1ncc(Cl)c(Nc2ccc3ncccc3c2)n1. The summed E-state index contributed by atoms with van der Waals surface area (Å²) in [4.78, 5) is 12.1. The van der Waals surface area contributed by atoms with Gasteiger partial charge in [-0.1, -0.05) is 17.7 Å². The fourth-order valence-electron chi connectivity index (χ4n) is 1.72. The van der Waals surface area contributed by atoms with Gasteiger partial charge in [0.2, 0.25) is 5.28 Å². The van der Waals surface area contributed by atoms with Crippen molar-refractivity contribution in [1.29, 1.82) is 0 Å². The molecule has 0 amide bonds. The second-order valence-electron chi connectivity index (χ2n) is 3.87. The summed E-state index contributed by atoms with van der Waals surface area (Å²) in [5, 5.41) is 4.70. The van der Waals surface area contributed by atoms with Gasteiger partial charge in [0.15, 0.2) is 5.82 Å². The zero-order valence-electron chi connectivity index (χ0n) is 9.64. The van der Waals surface area contributed by atoms with Crippen molar-refractivity contribution >= 4 is 45.6 Å². The fraction of sp³-hybridized carbons (Fsp3) is 0. The molecule has 94 valence electrons. The number of fused-ring (bicyclic) bond motifs is 1. The first kappa shape index (κ1) is 12.1. The minimum absolute atomic E-state index is 0.148. The van der Waals surface area contributed by atoms with E-state index in [9.17, 15) is 0 Å². The molecule has 2 aromatic heterocycles. The number of halogens is 2. The predicted octanol–water partition coefficient (Wildman–Crippen LogP) is 4.08. The number of nitrogens with zero attached hydrogens (tertiary/aromatic N) is 3. The molecule has 6 heteroatoms. The van der Waals surface area contributed by atoms with Crippen LogP contribution in [0.1, 0.15) is 0 Å². The van der Waals surface area contributed by atoms with Gasteiger partial charge in [-0.2, -0.15) is 4.98 Å². The highest BCUT2D eigenvalue weighted by molar-refractivity contribution is 6.33. The molecule has 0 fully saturated rings. The fourth-order valence-corrected chi connectivity index (χ4v) is 1.99. The summed E-state index contributed by atoms with van der Waals surface area (Å²) in [5.74, 6) is 0.477. The molecule has 0 aliphatic carbocycles. The molecule has 1 N–H and O–H groups in total. The lowest BCUT2D eigenvalue weighted by Gasteiger charge is -2.08. The first-order chi connectivity index (χ1) is 9.22. The molecule has 0 radical (unpaired) electrons. The number of benzene rings is 1. The molecule has 0 aliphatic rings. The van der Waals surface area contributed by atoms with Crippen LogP contribution in [0.4, 0.5) is 11.5 Å². The molecule has 2 heterocycles. The molecule has 3 rings (SSSR count). The Balaban J connectivity index is 1.98. The van der Waals surface area contributed by atoms with Crippen LogP contribution in [0, 0.1) is 0 Å². The summed E-state index contributed by atoms with van der Waals surface area (Å²) in [7, 11) is 0. The van der Waals surface area contributed by atoms with Crippen LogP contribution in [-0.4, -0.2) is 15.0 Å². The third-order valence-electron chi connectivity index (χ3n) is 2.58. The maximum absolute atomic E-state index is 6.01. The Hall–Kier alpha value is -1.91. The molecule has 0 unspecified atom stereocenters. The standard InChI is InChI=1S/C13H8Cl2N4/c14-10-7-17-13(15)19-12(10)18-9-3-4-11-8(6-9)2-1-5-16-11/h1-7H,(H,17,18,19). The van der Waals surface area contributed by atoms with E-state index in [-0.39, 0.29) is 5.28 Å². The lowest BCUT2D eigenvalue weighted by atomic mass is 10.2. The topological polar surface area (TPSA) is 50.7 Å². The molecule has 0 spiro atoms. The van der Waals surface area contributed by atoms with E-state index in [1.807, 2.05) is 30.3 Å². The molecule has 3 aromatic rings. The van der Waals surface area contributed by atoms with Gasteiger partial charge in [-0.25, -0.2) is 4.98 Å². The molecular weight excluding hydrogens is 283 g/mol. The van der Waals surface area contributed by atoms with Gasteiger partial charge in [0.05, 0.1) is 11.7 Å². The smallest absolute Gasteiger partial charge is 0.224 e. The van der Waals surface area contributed by atoms with Gasteiger partial charge in [-0.15, -0.1) is 0 Å². The van der Waals surface area contributed by atoms with Gasteiger partial charge >= 0.3 is 0 Å². The van der Waals surface area contributed by atoms with E-state index in [0.717, 1.165) is 16.6 Å². The molecule has 19 heavy (non-hydrogen) atoms. The van der Waals surface area contributed by atoms with Crippen LogP contribution >= 0.6 is 23.2 Å². The van der Waals surface area contributed by atoms with Crippen molar-refractivity contribution in [3.8, 4) is 0 Å². The van der Waals surface area contributed by atoms with E-state index >= 15 is 0 Å². The monoisotopic (exact) mass is 290 g/mol. The zero-order valence-corrected chi connectivity index (χ0v) is 11.2. The minimum atomic E-state index is 0.148. The van der Waals surface area contributed by atoms with E-state index in [1.54, 1.807) is 6.20 Å². The average molecular weight is 291 g/mol. The quantitative estimate of drug-likeness (QED) is 0.723. The Morgan fingerprint density at radius 2 is 1.95 bits per heavy atom.